The third-order valence-electron chi connectivity index (χ3n) is 5.89. The number of urea groups is 1. The summed E-state index contributed by atoms with van der Waals surface area (Å²) in [5, 5.41) is 8.55. The normalized spacial score (nSPS) is 17.7. The van der Waals surface area contributed by atoms with E-state index >= 15 is 0 Å². The van der Waals surface area contributed by atoms with Crippen LogP contribution in [0, 0.1) is 12.7 Å². The van der Waals surface area contributed by atoms with E-state index in [9.17, 15) is 18.8 Å². The summed E-state index contributed by atoms with van der Waals surface area (Å²) in [6, 6.07) is 13.5. The van der Waals surface area contributed by atoms with Gasteiger partial charge in [0.15, 0.2) is 0 Å². The molecule has 2 aromatic carbocycles. The highest BCUT2D eigenvalue weighted by molar-refractivity contribution is 7.20. The molecule has 1 aliphatic heterocycles. The van der Waals surface area contributed by atoms with Crippen molar-refractivity contribution in [1.29, 1.82) is 0 Å². The van der Waals surface area contributed by atoms with E-state index in [1.807, 2.05) is 0 Å². The largest absolute Gasteiger partial charge is 0.497 e. The fourth-order valence-electron chi connectivity index (χ4n) is 3.94. The maximum Gasteiger partial charge on any atom is 0.344 e. The number of fused-ring (bicyclic) bond motifs is 1. The molecule has 0 bridgehead atoms. The molecule has 11 heteroatoms. The third kappa shape index (κ3) is 3.69. The van der Waals surface area contributed by atoms with Gasteiger partial charge in [0.25, 0.3) is 11.8 Å². The number of aryl methyl sites for hydroxylation is 1. The third-order valence-corrected chi connectivity index (χ3v) is 7.00. The van der Waals surface area contributed by atoms with E-state index in [-0.39, 0.29) is 10.7 Å². The number of amides is 4. The zero-order valence-electron chi connectivity index (χ0n) is 19.0. The molecule has 1 saturated heterocycles. The molecular formula is C24H20FN5O4S. The quantitative estimate of drug-likeness (QED) is 0.413. The van der Waals surface area contributed by atoms with Crippen LogP contribution in [0.25, 0.3) is 15.9 Å². The molecule has 1 fully saturated rings. The number of halogens is 1. The summed E-state index contributed by atoms with van der Waals surface area (Å²) in [5.74, 6) is -1.08. The van der Waals surface area contributed by atoms with Crippen molar-refractivity contribution in [2.75, 3.05) is 7.11 Å². The standard InChI is InChI=1S/C24H20FN5O4S/c1-13-18-12-19(35-21(18)29(27-13)16-9-7-15(25)8-10-16)20(31)28-30-22(32)24(2,26-23(30)33)14-5-4-6-17(11-14)34-3/h4-12H,1-3H3,(H,26,33)(H,28,31)/t24-/m0/s1. The summed E-state index contributed by atoms with van der Waals surface area (Å²) in [6.45, 7) is 3.36. The predicted molar refractivity (Wildman–Crippen MR) is 127 cm³/mol. The molecule has 2 N–H and O–H groups in total. The van der Waals surface area contributed by atoms with Crippen LogP contribution in [-0.4, -0.2) is 39.7 Å². The van der Waals surface area contributed by atoms with Crippen molar-refractivity contribution in [2.45, 2.75) is 19.4 Å². The van der Waals surface area contributed by atoms with Crippen molar-refractivity contribution in [3.63, 3.8) is 0 Å². The van der Waals surface area contributed by atoms with Crippen molar-refractivity contribution >= 4 is 39.4 Å². The number of aromatic nitrogens is 2. The Morgan fingerprint density at radius 3 is 2.63 bits per heavy atom. The van der Waals surface area contributed by atoms with Crippen LogP contribution in [0.5, 0.6) is 5.75 Å². The first-order chi connectivity index (χ1) is 16.7. The average Bonchev–Trinajstić information content (AvgIpc) is 3.48. The predicted octanol–water partition coefficient (Wildman–Crippen LogP) is 3.66. The minimum atomic E-state index is -1.38. The highest BCUT2D eigenvalue weighted by Crippen LogP contribution is 2.32. The maximum atomic E-state index is 13.3. The van der Waals surface area contributed by atoms with Crippen LogP contribution in [0.3, 0.4) is 0 Å². The van der Waals surface area contributed by atoms with Crippen LogP contribution in [0.1, 0.15) is 27.9 Å². The number of nitrogens with zero attached hydrogens (tertiary/aromatic N) is 3. The molecule has 0 saturated carbocycles. The number of hydrogen-bond donors (Lipinski definition) is 2. The number of hydrogen-bond acceptors (Lipinski definition) is 6. The molecule has 4 aromatic rings. The number of carbonyl (C=O) groups is 3. The van der Waals surface area contributed by atoms with Crippen molar-refractivity contribution in [3.8, 4) is 11.4 Å². The zero-order valence-corrected chi connectivity index (χ0v) is 19.8. The summed E-state index contributed by atoms with van der Waals surface area (Å²) >= 11 is 1.15. The number of ether oxygens (including phenoxy) is 1. The number of hydrazine groups is 1. The molecule has 0 aliphatic carbocycles. The molecule has 1 atom stereocenters. The van der Waals surface area contributed by atoms with Gasteiger partial charge in [-0.15, -0.1) is 11.3 Å². The zero-order chi connectivity index (χ0) is 24.9. The van der Waals surface area contributed by atoms with Crippen LogP contribution >= 0.6 is 11.3 Å². The minimum Gasteiger partial charge on any atom is -0.497 e. The first-order valence-corrected chi connectivity index (χ1v) is 11.4. The van der Waals surface area contributed by atoms with Crippen molar-refractivity contribution in [3.05, 3.63) is 76.5 Å². The topological polar surface area (TPSA) is 106 Å². The second kappa shape index (κ2) is 8.20. The Kier molecular flexibility index (Phi) is 5.28. The van der Waals surface area contributed by atoms with Crippen LogP contribution in [0.4, 0.5) is 9.18 Å². The smallest absolute Gasteiger partial charge is 0.344 e. The second-order valence-corrected chi connectivity index (χ2v) is 9.20. The SMILES string of the molecule is COc1cccc([C@]2(C)NC(=O)N(NC(=O)c3cc4c(C)nn(-c5ccc(F)cc5)c4s3)C2=O)c1. The van der Waals surface area contributed by atoms with Crippen molar-refractivity contribution in [2.24, 2.45) is 0 Å². The Bertz CT molecular complexity index is 1500. The highest BCUT2D eigenvalue weighted by atomic mass is 32.1. The molecule has 9 nitrogen and oxygen atoms in total. The van der Waals surface area contributed by atoms with Crippen LogP contribution in [-0.2, 0) is 10.3 Å². The number of thiophene rings is 1. The van der Waals surface area contributed by atoms with E-state index in [0.717, 1.165) is 16.7 Å². The first-order valence-electron chi connectivity index (χ1n) is 10.6. The van der Waals surface area contributed by atoms with Gasteiger partial charge in [-0.2, -0.15) is 10.1 Å². The Hall–Kier alpha value is -4.25. The van der Waals surface area contributed by atoms with Gasteiger partial charge in [-0.1, -0.05) is 12.1 Å². The van der Waals surface area contributed by atoms with Gasteiger partial charge in [0.1, 0.15) is 21.9 Å². The maximum absolute atomic E-state index is 13.3. The van der Waals surface area contributed by atoms with Crippen LogP contribution in [0.15, 0.2) is 54.6 Å². The number of carbonyl (C=O) groups excluding carboxylic acids is 3. The fraction of sp³-hybridized carbons (Fsp3) is 0.167. The van der Waals surface area contributed by atoms with Gasteiger partial charge in [0, 0.05) is 5.39 Å². The van der Waals surface area contributed by atoms with E-state index < -0.39 is 23.4 Å². The van der Waals surface area contributed by atoms with E-state index in [1.165, 1.54) is 19.2 Å². The van der Waals surface area contributed by atoms with E-state index in [1.54, 1.807) is 61.0 Å². The van der Waals surface area contributed by atoms with Crippen LogP contribution < -0.4 is 15.5 Å². The first kappa shape index (κ1) is 22.5. The Morgan fingerprint density at radius 2 is 1.91 bits per heavy atom. The minimum absolute atomic E-state index is 0.284. The van der Waals surface area contributed by atoms with E-state index in [0.29, 0.717) is 32.5 Å². The Morgan fingerprint density at radius 1 is 1.17 bits per heavy atom. The van der Waals surface area contributed by atoms with E-state index in [2.05, 4.69) is 15.8 Å². The lowest BCUT2D eigenvalue weighted by Gasteiger charge is -2.22. The summed E-state index contributed by atoms with van der Waals surface area (Å²) in [4.78, 5) is 39.8. The van der Waals surface area contributed by atoms with E-state index in [4.69, 9.17) is 4.74 Å². The number of imide groups is 1. The van der Waals surface area contributed by atoms with Crippen molar-refractivity contribution < 1.29 is 23.5 Å². The molecule has 35 heavy (non-hydrogen) atoms. The lowest BCUT2D eigenvalue weighted by Crippen LogP contribution is -2.47. The Balaban J connectivity index is 1.42. The number of nitrogens with one attached hydrogen (secondary N) is 2. The van der Waals surface area contributed by atoms with Gasteiger partial charge in [-0.3, -0.25) is 15.0 Å². The summed E-state index contributed by atoms with van der Waals surface area (Å²) in [7, 11) is 1.50. The summed E-state index contributed by atoms with van der Waals surface area (Å²) < 4.78 is 20.2. The molecule has 1 aliphatic rings. The van der Waals surface area contributed by atoms with Crippen LogP contribution in [0.2, 0.25) is 0 Å². The Labute approximate surface area is 203 Å². The monoisotopic (exact) mass is 493 g/mol. The van der Waals surface area contributed by atoms with Crippen molar-refractivity contribution in [1.82, 2.24) is 25.5 Å². The molecule has 3 heterocycles. The van der Waals surface area contributed by atoms with Gasteiger partial charge < -0.3 is 10.1 Å². The number of benzene rings is 2. The molecule has 5 rings (SSSR count). The average molecular weight is 494 g/mol. The van der Waals surface area contributed by atoms with Gasteiger partial charge in [-0.25, -0.2) is 13.9 Å². The molecule has 0 radical (unpaired) electrons. The number of methoxy groups -OCH3 is 1. The molecule has 0 unspecified atom stereocenters. The summed E-state index contributed by atoms with van der Waals surface area (Å²) in [5.41, 5.74) is 2.88. The molecular weight excluding hydrogens is 473 g/mol. The molecule has 178 valence electrons. The lowest BCUT2D eigenvalue weighted by atomic mass is 9.92. The second-order valence-electron chi connectivity index (χ2n) is 8.17. The fourth-order valence-corrected chi connectivity index (χ4v) is 5.02. The van der Waals surface area contributed by atoms with Gasteiger partial charge in [-0.05, 0) is 61.9 Å². The summed E-state index contributed by atoms with van der Waals surface area (Å²) in [6.07, 6.45) is 0. The van der Waals surface area contributed by atoms with Gasteiger partial charge in [0.2, 0.25) is 0 Å². The highest BCUT2D eigenvalue weighted by Gasteiger charge is 2.50. The van der Waals surface area contributed by atoms with Gasteiger partial charge in [0.05, 0.1) is 23.4 Å². The molecule has 2 aromatic heterocycles. The number of rotatable bonds is 5. The molecule has 4 amide bonds. The molecule has 0 spiro atoms. The lowest BCUT2D eigenvalue weighted by molar-refractivity contribution is -0.132. The van der Waals surface area contributed by atoms with Gasteiger partial charge >= 0.3 is 6.03 Å².